The number of benzene rings is 2. The first-order valence-corrected chi connectivity index (χ1v) is 13.2. The molecule has 5 heterocycles. The van der Waals surface area contributed by atoms with Gasteiger partial charge in [-0.05, 0) is 90.0 Å². The molecule has 3 aromatic heterocycles. The van der Waals surface area contributed by atoms with Gasteiger partial charge in [0.1, 0.15) is 0 Å². The van der Waals surface area contributed by atoms with Crippen LogP contribution in [0, 0.1) is 0 Å². The fourth-order valence-corrected chi connectivity index (χ4v) is 5.25. The molecule has 0 spiro atoms. The van der Waals surface area contributed by atoms with Crippen molar-refractivity contribution in [2.45, 2.75) is 0 Å². The highest BCUT2D eigenvalue weighted by Crippen LogP contribution is 2.34. The summed E-state index contributed by atoms with van der Waals surface area (Å²) in [5, 5.41) is 1.36. The maximum absolute atomic E-state index is 6.67. The summed E-state index contributed by atoms with van der Waals surface area (Å²) in [6, 6.07) is 25.7. The normalized spacial score (nSPS) is 12.3. The van der Waals surface area contributed by atoms with Crippen LogP contribution in [0.4, 0.5) is 5.69 Å². The van der Waals surface area contributed by atoms with Crippen molar-refractivity contribution in [3.05, 3.63) is 112 Å². The van der Waals surface area contributed by atoms with Crippen LogP contribution in [0.15, 0.2) is 78.9 Å². The van der Waals surface area contributed by atoms with Gasteiger partial charge in [0.15, 0.2) is 0 Å². The summed E-state index contributed by atoms with van der Waals surface area (Å²) in [4.78, 5) is 17.0. The monoisotopic (exact) mass is 545 g/mol. The lowest BCUT2D eigenvalue weighted by atomic mass is 10.0. The lowest BCUT2D eigenvalue weighted by molar-refractivity contribution is 1.31. The highest BCUT2D eigenvalue weighted by molar-refractivity contribution is 6.31. The zero-order valence-electron chi connectivity index (χ0n) is 20.5. The molecule has 0 saturated heterocycles. The van der Waals surface area contributed by atoms with E-state index in [0.717, 1.165) is 61.4 Å². The summed E-state index contributed by atoms with van der Waals surface area (Å²) in [7, 11) is 0. The number of aromatic amines is 2. The van der Waals surface area contributed by atoms with Crippen molar-refractivity contribution in [1.29, 1.82) is 0 Å². The average Bonchev–Trinajstić information content (AvgIpc) is 3.75. The standard InChI is InChI=1S/C32H21Cl2N5/c33-20-5-1-18(2-6-20)30-24-11-9-22(36-24)17-23-10-12-25(37-23)31(19-3-7-21(34)8-4-19)27-14-16-29(39-27)32(35)28-15-13-26(30)38-28/h1-17,36,39H,35H2. The molecule has 5 aromatic rings. The molecule has 0 fully saturated rings. The van der Waals surface area contributed by atoms with E-state index in [0.29, 0.717) is 21.4 Å². The Labute approximate surface area is 234 Å². The average molecular weight is 546 g/mol. The molecule has 0 saturated carbocycles. The topological polar surface area (TPSA) is 83.4 Å². The molecule has 39 heavy (non-hydrogen) atoms. The maximum Gasteiger partial charge on any atom is 0.0888 e. The van der Waals surface area contributed by atoms with E-state index in [-0.39, 0.29) is 0 Å². The van der Waals surface area contributed by atoms with Gasteiger partial charge in [0, 0.05) is 37.7 Å². The van der Waals surface area contributed by atoms with Gasteiger partial charge in [-0.3, -0.25) is 0 Å². The predicted molar refractivity (Wildman–Crippen MR) is 164 cm³/mol. The first-order chi connectivity index (χ1) is 19.0. The number of hydrogen-bond acceptors (Lipinski definition) is 3. The molecule has 7 heteroatoms. The van der Waals surface area contributed by atoms with Gasteiger partial charge in [-0.2, -0.15) is 0 Å². The number of aromatic nitrogens is 4. The van der Waals surface area contributed by atoms with Gasteiger partial charge in [-0.1, -0.05) is 47.5 Å². The number of anilines is 1. The predicted octanol–water partition coefficient (Wildman–Crippen LogP) is 8.88. The summed E-state index contributed by atoms with van der Waals surface area (Å²) in [6.07, 6.45) is 7.99. The first kappa shape index (κ1) is 23.5. The molecule has 0 aliphatic carbocycles. The van der Waals surface area contributed by atoms with Crippen LogP contribution in [0.2, 0.25) is 10.0 Å². The molecular formula is C32H21Cl2N5. The Kier molecular flexibility index (Phi) is 5.62. The minimum Gasteiger partial charge on any atom is -0.395 e. The Hall–Kier alpha value is -4.58. The van der Waals surface area contributed by atoms with Crippen LogP contribution in [-0.4, -0.2) is 19.9 Å². The number of halogens is 2. The molecule has 188 valence electrons. The van der Waals surface area contributed by atoms with Crippen LogP contribution in [0.5, 0.6) is 0 Å². The third-order valence-corrected chi connectivity index (χ3v) is 7.39. The van der Waals surface area contributed by atoms with Crippen molar-refractivity contribution in [2.75, 3.05) is 5.73 Å². The highest BCUT2D eigenvalue weighted by Gasteiger charge is 2.14. The zero-order chi connectivity index (χ0) is 26.5. The number of hydrogen-bond donors (Lipinski definition) is 3. The van der Waals surface area contributed by atoms with Crippen molar-refractivity contribution < 1.29 is 0 Å². The van der Waals surface area contributed by atoms with E-state index < -0.39 is 0 Å². The molecule has 0 amide bonds. The summed E-state index contributed by atoms with van der Waals surface area (Å²) in [5.41, 5.74) is 17.9. The van der Waals surface area contributed by atoms with Crippen molar-refractivity contribution in [1.82, 2.24) is 19.9 Å². The van der Waals surface area contributed by atoms with Gasteiger partial charge in [0.2, 0.25) is 0 Å². The molecule has 0 radical (unpaired) electrons. The summed E-state index contributed by atoms with van der Waals surface area (Å²) in [6.45, 7) is 0. The summed E-state index contributed by atoms with van der Waals surface area (Å²) in [5.74, 6) is 0. The number of H-pyrrole nitrogens is 2. The van der Waals surface area contributed by atoms with Crippen molar-refractivity contribution >= 4 is 75.3 Å². The fraction of sp³-hybridized carbons (Fsp3) is 0. The lowest BCUT2D eigenvalue weighted by Crippen LogP contribution is -1.91. The Bertz CT molecular complexity index is 1940. The molecule has 2 aliphatic rings. The van der Waals surface area contributed by atoms with E-state index in [2.05, 4.69) is 16.0 Å². The van der Waals surface area contributed by atoms with E-state index in [1.807, 2.05) is 97.1 Å². The Morgan fingerprint density at radius 1 is 0.538 bits per heavy atom. The zero-order valence-corrected chi connectivity index (χ0v) is 22.1. The van der Waals surface area contributed by atoms with Gasteiger partial charge >= 0.3 is 0 Å². The Morgan fingerprint density at radius 3 is 1.77 bits per heavy atom. The van der Waals surface area contributed by atoms with Gasteiger partial charge in [0.05, 0.1) is 34.0 Å². The molecule has 4 N–H and O–H groups in total. The molecular weight excluding hydrogens is 525 g/mol. The molecule has 2 aliphatic heterocycles. The molecule has 5 nitrogen and oxygen atoms in total. The summed E-state index contributed by atoms with van der Waals surface area (Å²) < 4.78 is 0. The van der Waals surface area contributed by atoms with Crippen LogP contribution in [-0.2, 0) is 0 Å². The first-order valence-electron chi connectivity index (χ1n) is 12.4. The quantitative estimate of drug-likeness (QED) is 0.203. The molecule has 2 aromatic carbocycles. The van der Waals surface area contributed by atoms with Crippen LogP contribution in [0.25, 0.3) is 68.6 Å². The summed E-state index contributed by atoms with van der Waals surface area (Å²) >= 11 is 12.4. The third-order valence-electron chi connectivity index (χ3n) is 6.88. The second-order valence-corrected chi connectivity index (χ2v) is 10.3. The number of nitrogens with one attached hydrogen (secondary N) is 2. The number of rotatable bonds is 2. The second kappa shape index (κ2) is 9.31. The highest BCUT2D eigenvalue weighted by atomic mass is 35.5. The number of fused-ring (bicyclic) bond motifs is 8. The van der Waals surface area contributed by atoms with Crippen LogP contribution >= 0.6 is 23.2 Å². The van der Waals surface area contributed by atoms with Gasteiger partial charge in [0.25, 0.3) is 0 Å². The van der Waals surface area contributed by atoms with E-state index in [1.165, 1.54) is 0 Å². The minimum atomic E-state index is 0.558. The van der Waals surface area contributed by atoms with Crippen molar-refractivity contribution in [3.8, 4) is 22.3 Å². The van der Waals surface area contributed by atoms with E-state index >= 15 is 0 Å². The smallest absolute Gasteiger partial charge is 0.0888 e. The van der Waals surface area contributed by atoms with Crippen LogP contribution < -0.4 is 5.73 Å². The Morgan fingerprint density at radius 2 is 1.08 bits per heavy atom. The minimum absolute atomic E-state index is 0.558. The third kappa shape index (κ3) is 4.32. The van der Waals surface area contributed by atoms with Crippen LogP contribution in [0.1, 0.15) is 22.8 Å². The molecule has 8 bridgehead atoms. The largest absolute Gasteiger partial charge is 0.395 e. The molecule has 0 atom stereocenters. The number of nitrogens with zero attached hydrogens (tertiary/aromatic N) is 2. The van der Waals surface area contributed by atoms with Crippen molar-refractivity contribution in [3.63, 3.8) is 0 Å². The van der Waals surface area contributed by atoms with E-state index in [9.17, 15) is 0 Å². The van der Waals surface area contributed by atoms with Gasteiger partial charge in [-0.25, -0.2) is 9.97 Å². The molecule has 0 unspecified atom stereocenters. The second-order valence-electron chi connectivity index (χ2n) is 9.41. The van der Waals surface area contributed by atoms with Gasteiger partial charge < -0.3 is 15.7 Å². The SMILES string of the molecule is Nc1c2nc(c(-c3ccc(Cl)cc3)c3ccc(cc4nc(c(-c5ccc(Cl)cc5)c5ccc1[nH]5)C=C4)[nH]3)C=C2. The van der Waals surface area contributed by atoms with Crippen molar-refractivity contribution in [2.24, 2.45) is 0 Å². The maximum atomic E-state index is 6.67. The van der Waals surface area contributed by atoms with Gasteiger partial charge in [-0.15, -0.1) is 0 Å². The number of nitrogens with two attached hydrogens (primary N) is 1. The van der Waals surface area contributed by atoms with E-state index in [1.54, 1.807) is 0 Å². The Balaban J connectivity index is 1.59. The fourth-order valence-electron chi connectivity index (χ4n) is 5.00. The number of nitrogen functional groups attached to an aromatic ring is 1. The van der Waals surface area contributed by atoms with Crippen LogP contribution in [0.3, 0.4) is 0 Å². The van der Waals surface area contributed by atoms with E-state index in [4.69, 9.17) is 38.9 Å². The lowest BCUT2D eigenvalue weighted by Gasteiger charge is -2.04. The molecule has 7 rings (SSSR count).